The van der Waals surface area contributed by atoms with Gasteiger partial charge in [0.15, 0.2) is 5.82 Å². The first-order chi connectivity index (χ1) is 13.2. The third kappa shape index (κ3) is 4.14. The lowest BCUT2D eigenvalue weighted by atomic mass is 9.96. The molecule has 0 saturated carbocycles. The first-order valence-corrected chi connectivity index (χ1v) is 9.19. The standard InChI is InChI=1S/C19H18ClN5O2/c20-15-5-3-13(4-6-15)10-17(26)25-9-1-2-14(12-25)18-23-19(27-24-18)16-11-21-7-8-22-16/h3-8,11,14H,1-2,9-10,12H2/t14-/m1/s1. The van der Waals surface area contributed by atoms with Crippen LogP contribution < -0.4 is 0 Å². The average Bonchev–Trinajstić information content (AvgIpc) is 3.21. The normalized spacial score (nSPS) is 17.1. The number of rotatable bonds is 4. The Bertz CT molecular complexity index is 913. The Labute approximate surface area is 161 Å². The van der Waals surface area contributed by atoms with E-state index < -0.39 is 0 Å². The van der Waals surface area contributed by atoms with Crippen LogP contribution >= 0.6 is 11.6 Å². The number of amides is 1. The van der Waals surface area contributed by atoms with Crippen LogP contribution in [0, 0.1) is 0 Å². The molecule has 0 aliphatic carbocycles. The van der Waals surface area contributed by atoms with Gasteiger partial charge in [0.05, 0.1) is 12.6 Å². The summed E-state index contributed by atoms with van der Waals surface area (Å²) in [6.07, 6.45) is 6.94. The highest BCUT2D eigenvalue weighted by atomic mass is 35.5. The second-order valence-corrected chi connectivity index (χ2v) is 6.97. The lowest BCUT2D eigenvalue weighted by Gasteiger charge is -2.31. The van der Waals surface area contributed by atoms with E-state index in [9.17, 15) is 4.79 Å². The van der Waals surface area contributed by atoms with Crippen molar-refractivity contribution in [2.45, 2.75) is 25.2 Å². The maximum absolute atomic E-state index is 12.7. The number of nitrogens with zero attached hydrogens (tertiary/aromatic N) is 5. The average molecular weight is 384 g/mol. The summed E-state index contributed by atoms with van der Waals surface area (Å²) in [5, 5.41) is 4.76. The van der Waals surface area contributed by atoms with Gasteiger partial charge in [0.1, 0.15) is 5.69 Å². The van der Waals surface area contributed by atoms with E-state index >= 15 is 0 Å². The number of halogens is 1. The minimum absolute atomic E-state index is 0.0575. The summed E-state index contributed by atoms with van der Waals surface area (Å²) in [6, 6.07) is 7.37. The van der Waals surface area contributed by atoms with Crippen LogP contribution in [0.15, 0.2) is 47.4 Å². The number of piperidine rings is 1. The largest absolute Gasteiger partial charge is 0.342 e. The maximum Gasteiger partial charge on any atom is 0.278 e. The summed E-state index contributed by atoms with van der Waals surface area (Å²) < 4.78 is 5.33. The minimum Gasteiger partial charge on any atom is -0.342 e. The second kappa shape index (κ2) is 7.84. The maximum atomic E-state index is 12.7. The van der Waals surface area contributed by atoms with Crippen molar-refractivity contribution in [2.75, 3.05) is 13.1 Å². The highest BCUT2D eigenvalue weighted by Crippen LogP contribution is 2.27. The molecule has 1 aliphatic heterocycles. The number of likely N-dealkylation sites (tertiary alicyclic amines) is 1. The molecule has 4 rings (SSSR count). The molecule has 7 nitrogen and oxygen atoms in total. The van der Waals surface area contributed by atoms with E-state index in [0.717, 1.165) is 24.9 Å². The summed E-state index contributed by atoms with van der Waals surface area (Å²) in [6.45, 7) is 1.34. The molecule has 2 aromatic heterocycles. The van der Waals surface area contributed by atoms with Gasteiger partial charge in [-0.15, -0.1) is 0 Å². The fraction of sp³-hybridized carbons (Fsp3) is 0.316. The highest BCUT2D eigenvalue weighted by Gasteiger charge is 2.28. The fourth-order valence-corrected chi connectivity index (χ4v) is 3.34. The smallest absolute Gasteiger partial charge is 0.278 e. The monoisotopic (exact) mass is 383 g/mol. The van der Waals surface area contributed by atoms with Crippen LogP contribution in [0.25, 0.3) is 11.6 Å². The molecule has 0 radical (unpaired) electrons. The van der Waals surface area contributed by atoms with Gasteiger partial charge in [-0.1, -0.05) is 28.9 Å². The van der Waals surface area contributed by atoms with Crippen molar-refractivity contribution in [3.05, 3.63) is 59.3 Å². The molecule has 8 heteroatoms. The predicted molar refractivity (Wildman–Crippen MR) is 99.0 cm³/mol. The van der Waals surface area contributed by atoms with E-state index in [1.54, 1.807) is 30.7 Å². The number of aromatic nitrogens is 4. The predicted octanol–water partition coefficient (Wildman–Crippen LogP) is 3.13. The summed E-state index contributed by atoms with van der Waals surface area (Å²) in [4.78, 5) is 27.2. The molecular formula is C19H18ClN5O2. The van der Waals surface area contributed by atoms with Crippen LogP contribution in [0.4, 0.5) is 0 Å². The summed E-state index contributed by atoms with van der Waals surface area (Å²) in [5.74, 6) is 1.11. The number of benzene rings is 1. The lowest BCUT2D eigenvalue weighted by molar-refractivity contribution is -0.131. The van der Waals surface area contributed by atoms with Crippen LogP contribution in [0.2, 0.25) is 5.02 Å². The summed E-state index contributed by atoms with van der Waals surface area (Å²) in [5.41, 5.74) is 1.50. The fourth-order valence-electron chi connectivity index (χ4n) is 3.22. The number of carbonyl (C=O) groups is 1. The quantitative estimate of drug-likeness (QED) is 0.688. The molecule has 0 bridgehead atoms. The molecule has 1 amide bonds. The van der Waals surface area contributed by atoms with Gasteiger partial charge in [-0.2, -0.15) is 4.98 Å². The Balaban J connectivity index is 1.43. The Hall–Kier alpha value is -2.80. The Morgan fingerprint density at radius 2 is 2.11 bits per heavy atom. The van der Waals surface area contributed by atoms with Gasteiger partial charge in [-0.3, -0.25) is 9.78 Å². The molecule has 1 atom stereocenters. The van der Waals surface area contributed by atoms with Crippen molar-refractivity contribution in [1.82, 2.24) is 25.0 Å². The van der Waals surface area contributed by atoms with Crippen LogP contribution in [-0.2, 0) is 11.2 Å². The second-order valence-electron chi connectivity index (χ2n) is 6.53. The zero-order chi connectivity index (χ0) is 18.6. The zero-order valence-corrected chi connectivity index (χ0v) is 15.3. The Kier molecular flexibility index (Phi) is 5.11. The van der Waals surface area contributed by atoms with Gasteiger partial charge in [0.2, 0.25) is 5.91 Å². The van der Waals surface area contributed by atoms with Crippen LogP contribution in [0.1, 0.15) is 30.1 Å². The van der Waals surface area contributed by atoms with Crippen molar-refractivity contribution in [3.8, 4) is 11.6 Å². The number of hydrogen-bond acceptors (Lipinski definition) is 6. The van der Waals surface area contributed by atoms with E-state index in [-0.39, 0.29) is 11.8 Å². The molecule has 138 valence electrons. The molecule has 0 unspecified atom stereocenters. The van der Waals surface area contributed by atoms with Gasteiger partial charge in [-0.25, -0.2) is 4.98 Å². The van der Waals surface area contributed by atoms with Crippen molar-refractivity contribution < 1.29 is 9.32 Å². The Morgan fingerprint density at radius 1 is 1.26 bits per heavy atom. The zero-order valence-electron chi connectivity index (χ0n) is 14.6. The van der Waals surface area contributed by atoms with Crippen molar-refractivity contribution in [3.63, 3.8) is 0 Å². The highest BCUT2D eigenvalue weighted by molar-refractivity contribution is 6.30. The third-order valence-corrected chi connectivity index (χ3v) is 4.88. The van der Waals surface area contributed by atoms with Gasteiger partial charge >= 0.3 is 0 Å². The van der Waals surface area contributed by atoms with E-state index in [4.69, 9.17) is 16.1 Å². The molecule has 27 heavy (non-hydrogen) atoms. The van der Waals surface area contributed by atoms with Crippen LogP contribution in [0.3, 0.4) is 0 Å². The topological polar surface area (TPSA) is 85.0 Å². The molecule has 1 aliphatic rings. The summed E-state index contributed by atoms with van der Waals surface area (Å²) >= 11 is 5.90. The van der Waals surface area contributed by atoms with Gasteiger partial charge in [-0.05, 0) is 30.5 Å². The van der Waals surface area contributed by atoms with Crippen molar-refractivity contribution in [2.24, 2.45) is 0 Å². The SMILES string of the molecule is O=C(Cc1ccc(Cl)cc1)N1CCC[C@@H](c2noc(-c3cnccn3)n2)C1. The first kappa shape index (κ1) is 17.6. The molecule has 1 fully saturated rings. The Morgan fingerprint density at radius 3 is 2.89 bits per heavy atom. The van der Waals surface area contributed by atoms with E-state index in [2.05, 4.69) is 20.1 Å². The third-order valence-electron chi connectivity index (χ3n) is 4.63. The minimum atomic E-state index is 0.0575. The van der Waals surface area contributed by atoms with Crippen LogP contribution in [-0.4, -0.2) is 44.0 Å². The molecule has 1 aromatic carbocycles. The van der Waals surface area contributed by atoms with Gasteiger partial charge in [0.25, 0.3) is 5.89 Å². The molecule has 1 saturated heterocycles. The lowest BCUT2D eigenvalue weighted by Crippen LogP contribution is -2.40. The van der Waals surface area contributed by atoms with Crippen molar-refractivity contribution in [1.29, 1.82) is 0 Å². The molecule has 3 heterocycles. The molecule has 3 aromatic rings. The van der Waals surface area contributed by atoms with Gasteiger partial charge in [0, 0.05) is 36.4 Å². The summed E-state index contributed by atoms with van der Waals surface area (Å²) in [7, 11) is 0. The van der Waals surface area contributed by atoms with Gasteiger partial charge < -0.3 is 9.42 Å². The van der Waals surface area contributed by atoms with E-state index in [0.29, 0.717) is 35.4 Å². The molecular weight excluding hydrogens is 366 g/mol. The van der Waals surface area contributed by atoms with E-state index in [1.165, 1.54) is 0 Å². The van der Waals surface area contributed by atoms with E-state index in [1.807, 2.05) is 17.0 Å². The number of hydrogen-bond donors (Lipinski definition) is 0. The molecule has 0 N–H and O–H groups in total. The number of carbonyl (C=O) groups excluding carboxylic acids is 1. The first-order valence-electron chi connectivity index (χ1n) is 8.81. The van der Waals surface area contributed by atoms with Crippen molar-refractivity contribution >= 4 is 17.5 Å². The van der Waals surface area contributed by atoms with Crippen LogP contribution in [0.5, 0.6) is 0 Å². The molecule has 0 spiro atoms.